The molecule has 0 unspecified atom stereocenters. The van der Waals surface area contributed by atoms with Gasteiger partial charge in [-0.15, -0.1) is 0 Å². The molecule has 0 saturated heterocycles. The summed E-state index contributed by atoms with van der Waals surface area (Å²) in [5, 5.41) is 0. The van der Waals surface area contributed by atoms with E-state index in [4.69, 9.17) is 5.73 Å². The van der Waals surface area contributed by atoms with Crippen LogP contribution in [0.2, 0.25) is 4.44 Å². The topological polar surface area (TPSA) is 26.0 Å². The molecule has 1 rings (SSSR count). The molecule has 0 fully saturated rings. The Labute approximate surface area is 78.2 Å². The second-order valence-electron chi connectivity index (χ2n) is 2.39. The molecule has 56 valence electrons. The average Bonchev–Trinajstić information content (AvgIpc) is 2.06. The third-order valence-corrected chi connectivity index (χ3v) is 5.09. The van der Waals surface area contributed by atoms with Gasteiger partial charge < -0.3 is 0 Å². The van der Waals surface area contributed by atoms with Crippen LogP contribution in [0.3, 0.4) is 0 Å². The van der Waals surface area contributed by atoms with Crippen LogP contribution in [0.15, 0.2) is 24.3 Å². The summed E-state index contributed by atoms with van der Waals surface area (Å²) in [6.07, 6.45) is 0. The first-order valence-corrected chi connectivity index (χ1v) is 7.35. The van der Waals surface area contributed by atoms with Crippen LogP contribution < -0.4 is 9.31 Å². The van der Waals surface area contributed by atoms with Crippen LogP contribution in [0.25, 0.3) is 0 Å². The molecule has 0 aliphatic rings. The molecule has 0 aliphatic carbocycles. The molecule has 1 nitrogen and oxygen atoms in total. The Morgan fingerprint density at radius 2 is 2.09 bits per heavy atom. The summed E-state index contributed by atoms with van der Waals surface area (Å²) >= 11 is -0.282. The van der Waals surface area contributed by atoms with E-state index in [1.807, 2.05) is 0 Å². The maximum absolute atomic E-state index is 5.61. The summed E-state index contributed by atoms with van der Waals surface area (Å²) in [6.45, 7) is 2.97. The molecule has 1 aromatic carbocycles. The van der Waals surface area contributed by atoms with Crippen molar-refractivity contribution in [2.75, 3.05) is 0 Å². The maximum atomic E-state index is 5.61. The fourth-order valence-electron chi connectivity index (χ4n) is 1.06. The van der Waals surface area contributed by atoms with E-state index in [-0.39, 0.29) is 21.1 Å². The molecule has 0 amide bonds. The van der Waals surface area contributed by atoms with Gasteiger partial charge in [0, 0.05) is 0 Å². The van der Waals surface area contributed by atoms with E-state index >= 15 is 0 Å². The summed E-state index contributed by atoms with van der Waals surface area (Å²) < 4.78 is 2.93. The van der Waals surface area contributed by atoms with Crippen LogP contribution >= 0.6 is 0 Å². The van der Waals surface area contributed by atoms with Gasteiger partial charge >= 0.3 is 78.2 Å². The third-order valence-electron chi connectivity index (χ3n) is 1.60. The second kappa shape index (κ2) is 4.78. The SMILES string of the molecule is C[CH2][Sn+2][c]1ccccc1CN. The van der Waals surface area contributed by atoms with Gasteiger partial charge in [-0.3, -0.25) is 0 Å². The number of nitrogens with two attached hydrogens (primary N) is 1. The van der Waals surface area contributed by atoms with Gasteiger partial charge in [0.2, 0.25) is 0 Å². The summed E-state index contributed by atoms with van der Waals surface area (Å²) in [6, 6.07) is 8.56. The first-order valence-electron chi connectivity index (χ1n) is 3.90. The van der Waals surface area contributed by atoms with Crippen LogP contribution in [-0.4, -0.2) is 21.1 Å². The van der Waals surface area contributed by atoms with Crippen molar-refractivity contribution in [3.05, 3.63) is 29.8 Å². The van der Waals surface area contributed by atoms with Crippen molar-refractivity contribution in [3.8, 4) is 0 Å². The van der Waals surface area contributed by atoms with E-state index in [2.05, 4.69) is 31.2 Å². The van der Waals surface area contributed by atoms with E-state index in [0.717, 1.165) is 0 Å². The zero-order valence-corrected chi connectivity index (χ0v) is 9.66. The normalized spacial score (nSPS) is 9.27. The van der Waals surface area contributed by atoms with Crippen LogP contribution in [-0.2, 0) is 6.54 Å². The number of hydrogen-bond acceptors (Lipinski definition) is 1. The van der Waals surface area contributed by atoms with Gasteiger partial charge in [0.25, 0.3) is 0 Å². The van der Waals surface area contributed by atoms with E-state index in [9.17, 15) is 0 Å². The Morgan fingerprint density at radius 1 is 1.36 bits per heavy atom. The molecule has 0 aromatic heterocycles. The van der Waals surface area contributed by atoms with Gasteiger partial charge in [-0.05, 0) is 0 Å². The summed E-state index contributed by atoms with van der Waals surface area (Å²) in [5.41, 5.74) is 6.97. The number of rotatable bonds is 3. The van der Waals surface area contributed by atoms with Crippen molar-refractivity contribution >= 4 is 24.7 Å². The zero-order valence-electron chi connectivity index (χ0n) is 6.80. The van der Waals surface area contributed by atoms with Crippen molar-refractivity contribution in [1.82, 2.24) is 0 Å². The first kappa shape index (κ1) is 9.07. The molecule has 2 heteroatoms. The molecule has 0 atom stereocenters. The average molecular weight is 254 g/mol. The summed E-state index contributed by atoms with van der Waals surface area (Å²) in [5.74, 6) is 0. The van der Waals surface area contributed by atoms with Crippen molar-refractivity contribution < 1.29 is 0 Å². The van der Waals surface area contributed by atoms with E-state index in [1.165, 1.54) is 10.0 Å². The van der Waals surface area contributed by atoms with Crippen LogP contribution in [0.4, 0.5) is 0 Å². The monoisotopic (exact) mass is 255 g/mol. The van der Waals surface area contributed by atoms with Gasteiger partial charge in [-0.25, -0.2) is 0 Å². The molecule has 1 aromatic rings. The molecule has 0 spiro atoms. The van der Waals surface area contributed by atoms with Crippen LogP contribution in [0.5, 0.6) is 0 Å². The zero-order chi connectivity index (χ0) is 8.10. The van der Waals surface area contributed by atoms with Crippen LogP contribution in [0.1, 0.15) is 12.5 Å². The molecule has 0 saturated carbocycles. The molecule has 2 N–H and O–H groups in total. The second-order valence-corrected chi connectivity index (χ2v) is 6.96. The molecule has 11 heavy (non-hydrogen) atoms. The molecular weight excluding hydrogens is 241 g/mol. The number of hydrogen-bond donors (Lipinski definition) is 1. The van der Waals surface area contributed by atoms with Gasteiger partial charge in [0.05, 0.1) is 0 Å². The third kappa shape index (κ3) is 2.49. The molecule has 0 bridgehead atoms. The predicted molar refractivity (Wildman–Crippen MR) is 50.2 cm³/mol. The quantitative estimate of drug-likeness (QED) is 0.797. The van der Waals surface area contributed by atoms with Crippen molar-refractivity contribution in [2.24, 2.45) is 5.73 Å². The van der Waals surface area contributed by atoms with Gasteiger partial charge in [-0.2, -0.15) is 0 Å². The Balaban J connectivity index is 2.83. The number of benzene rings is 1. The van der Waals surface area contributed by atoms with Gasteiger partial charge in [0.1, 0.15) is 0 Å². The molecule has 0 radical (unpaired) electrons. The summed E-state index contributed by atoms with van der Waals surface area (Å²) in [7, 11) is 0. The van der Waals surface area contributed by atoms with Gasteiger partial charge in [0.15, 0.2) is 0 Å². The molecule has 0 heterocycles. The first-order chi connectivity index (χ1) is 5.38. The minimum absolute atomic E-state index is 0.282. The Hall–Kier alpha value is -0.0213. The Kier molecular flexibility index (Phi) is 3.94. The molecule has 0 aliphatic heterocycles. The standard InChI is InChI=1S/C7H8N.C2H5.Sn/c8-6-7-4-2-1-3-5-7;1-2;/h1-4H,6,8H2;1H2,2H3;/q;;+2. The Bertz CT molecular complexity index is 223. The molecular formula is C9H13NSn+2. The predicted octanol–water partition coefficient (Wildman–Crippen LogP) is 0.913. The van der Waals surface area contributed by atoms with Crippen molar-refractivity contribution in [3.63, 3.8) is 0 Å². The van der Waals surface area contributed by atoms with Crippen molar-refractivity contribution in [2.45, 2.75) is 17.9 Å². The van der Waals surface area contributed by atoms with E-state index < -0.39 is 0 Å². The van der Waals surface area contributed by atoms with Gasteiger partial charge in [-0.1, -0.05) is 0 Å². The Morgan fingerprint density at radius 3 is 2.73 bits per heavy atom. The van der Waals surface area contributed by atoms with E-state index in [0.29, 0.717) is 6.54 Å². The summed E-state index contributed by atoms with van der Waals surface area (Å²) in [4.78, 5) is 0. The fourth-order valence-corrected chi connectivity index (χ4v) is 3.94. The van der Waals surface area contributed by atoms with E-state index in [1.54, 1.807) is 3.58 Å². The minimum atomic E-state index is -0.282. The van der Waals surface area contributed by atoms with Crippen molar-refractivity contribution in [1.29, 1.82) is 0 Å². The van der Waals surface area contributed by atoms with Crippen LogP contribution in [0, 0.1) is 0 Å². The fraction of sp³-hybridized carbons (Fsp3) is 0.333.